The van der Waals surface area contributed by atoms with E-state index in [-0.39, 0.29) is 0 Å². The van der Waals surface area contributed by atoms with Crippen LogP contribution >= 0.6 is 0 Å². The van der Waals surface area contributed by atoms with Crippen molar-refractivity contribution in [2.75, 3.05) is 6.54 Å². The molecule has 0 aromatic heterocycles. The van der Waals surface area contributed by atoms with Crippen LogP contribution in [0.2, 0.25) is 0 Å². The summed E-state index contributed by atoms with van der Waals surface area (Å²) in [6.07, 6.45) is 6.68. The van der Waals surface area contributed by atoms with Gasteiger partial charge in [0.25, 0.3) is 0 Å². The molecule has 1 aromatic rings. The van der Waals surface area contributed by atoms with Crippen LogP contribution in [0, 0.1) is 0 Å². The quantitative estimate of drug-likeness (QED) is 0.754. The van der Waals surface area contributed by atoms with Crippen molar-refractivity contribution >= 4 is 0 Å². The van der Waals surface area contributed by atoms with Gasteiger partial charge < -0.3 is 5.32 Å². The van der Waals surface area contributed by atoms with Gasteiger partial charge in [-0.15, -0.1) is 0 Å². The predicted molar refractivity (Wildman–Crippen MR) is 60.4 cm³/mol. The fourth-order valence-corrected chi connectivity index (χ4v) is 2.17. The van der Waals surface area contributed by atoms with Gasteiger partial charge in [0.2, 0.25) is 0 Å². The lowest BCUT2D eigenvalue weighted by Gasteiger charge is -2.15. The van der Waals surface area contributed by atoms with Gasteiger partial charge in [-0.25, -0.2) is 0 Å². The smallest absolute Gasteiger partial charge is 0.0107 e. The maximum absolute atomic E-state index is 3.63. The molecule has 1 N–H and O–H groups in total. The van der Waals surface area contributed by atoms with Crippen LogP contribution in [-0.4, -0.2) is 12.6 Å². The van der Waals surface area contributed by atoms with E-state index in [1.807, 2.05) is 0 Å². The van der Waals surface area contributed by atoms with Gasteiger partial charge in [-0.3, -0.25) is 0 Å². The number of hydrogen-bond acceptors (Lipinski definition) is 1. The normalized spacial score (nSPS) is 23.0. The highest BCUT2D eigenvalue weighted by molar-refractivity contribution is 5.15. The van der Waals surface area contributed by atoms with Gasteiger partial charge in [0.05, 0.1) is 0 Å². The fourth-order valence-electron chi connectivity index (χ4n) is 2.17. The Morgan fingerprint density at radius 1 is 1.07 bits per heavy atom. The second-order valence-corrected chi connectivity index (χ2v) is 4.19. The summed E-state index contributed by atoms with van der Waals surface area (Å²) in [5, 5.41) is 3.63. The van der Waals surface area contributed by atoms with Crippen LogP contribution in [0.1, 0.15) is 31.2 Å². The monoisotopic (exact) mass is 189 g/mol. The molecule has 0 spiro atoms. The second kappa shape index (κ2) is 5.16. The first-order valence-electron chi connectivity index (χ1n) is 5.72. The summed E-state index contributed by atoms with van der Waals surface area (Å²) >= 11 is 0. The highest BCUT2D eigenvalue weighted by Crippen LogP contribution is 2.12. The summed E-state index contributed by atoms with van der Waals surface area (Å²) in [6, 6.07) is 11.5. The van der Waals surface area contributed by atoms with Crippen molar-refractivity contribution in [3.63, 3.8) is 0 Å². The lowest BCUT2D eigenvalue weighted by molar-refractivity contribution is 0.507. The van der Waals surface area contributed by atoms with Gasteiger partial charge >= 0.3 is 0 Å². The predicted octanol–water partition coefficient (Wildman–Crippen LogP) is 2.76. The molecule has 1 heteroatoms. The minimum Gasteiger partial charge on any atom is -0.314 e. The van der Waals surface area contributed by atoms with E-state index < -0.39 is 0 Å². The van der Waals surface area contributed by atoms with Crippen LogP contribution in [0.5, 0.6) is 0 Å². The maximum Gasteiger partial charge on any atom is 0.0107 e. The van der Waals surface area contributed by atoms with E-state index in [0.717, 1.165) is 0 Å². The summed E-state index contributed by atoms with van der Waals surface area (Å²) in [5.74, 6) is 0. The molecule has 2 rings (SSSR count). The summed E-state index contributed by atoms with van der Waals surface area (Å²) in [7, 11) is 0. The van der Waals surface area contributed by atoms with Crippen molar-refractivity contribution < 1.29 is 0 Å². The van der Waals surface area contributed by atoms with Crippen LogP contribution in [-0.2, 0) is 6.42 Å². The van der Waals surface area contributed by atoms with Crippen molar-refractivity contribution in [1.82, 2.24) is 5.32 Å². The molecule has 14 heavy (non-hydrogen) atoms. The zero-order chi connectivity index (χ0) is 9.64. The molecule has 76 valence electrons. The Labute approximate surface area is 86.5 Å². The van der Waals surface area contributed by atoms with Crippen molar-refractivity contribution in [2.24, 2.45) is 0 Å². The standard InChI is InChI=1S/C13H19N/c1-3-7-12(8-4-1)11-13-9-5-2-6-10-14-13/h1,3-4,7-8,13-14H,2,5-6,9-11H2/t13-/m1/s1. The molecular formula is C13H19N. The van der Waals surface area contributed by atoms with Gasteiger partial charge in [0.1, 0.15) is 0 Å². The molecule has 0 saturated carbocycles. The second-order valence-electron chi connectivity index (χ2n) is 4.19. The molecule has 1 aliphatic heterocycles. The Bertz CT molecular complexity index is 247. The third kappa shape index (κ3) is 2.85. The Hall–Kier alpha value is -0.820. The first-order valence-corrected chi connectivity index (χ1v) is 5.72. The van der Waals surface area contributed by atoms with Crippen LogP contribution < -0.4 is 5.32 Å². The zero-order valence-electron chi connectivity index (χ0n) is 8.71. The average molecular weight is 189 g/mol. The number of benzene rings is 1. The maximum atomic E-state index is 3.63. The number of nitrogens with one attached hydrogen (secondary N) is 1. The molecule has 0 aliphatic carbocycles. The molecule has 1 aliphatic rings. The first kappa shape index (κ1) is 9.72. The minimum atomic E-state index is 0.708. The van der Waals surface area contributed by atoms with Crippen LogP contribution in [0.25, 0.3) is 0 Å². The highest BCUT2D eigenvalue weighted by atomic mass is 14.9. The number of hydrogen-bond donors (Lipinski definition) is 1. The van der Waals surface area contributed by atoms with E-state index in [4.69, 9.17) is 0 Å². The molecular weight excluding hydrogens is 170 g/mol. The van der Waals surface area contributed by atoms with Gasteiger partial charge in [0.15, 0.2) is 0 Å². The molecule has 1 heterocycles. The molecule has 0 bridgehead atoms. The SMILES string of the molecule is c1ccc(C[C@H]2CCCCCN2)cc1. The van der Waals surface area contributed by atoms with Gasteiger partial charge in [-0.2, -0.15) is 0 Å². The summed E-state index contributed by atoms with van der Waals surface area (Å²) in [5.41, 5.74) is 1.46. The lowest BCUT2D eigenvalue weighted by Crippen LogP contribution is -2.30. The minimum absolute atomic E-state index is 0.708. The van der Waals surface area contributed by atoms with Crippen LogP contribution in [0.3, 0.4) is 0 Å². The van der Waals surface area contributed by atoms with Crippen molar-refractivity contribution in [3.8, 4) is 0 Å². The van der Waals surface area contributed by atoms with Gasteiger partial charge in [-0.05, 0) is 31.4 Å². The van der Waals surface area contributed by atoms with Crippen LogP contribution in [0.15, 0.2) is 30.3 Å². The van der Waals surface area contributed by atoms with E-state index in [2.05, 4.69) is 35.6 Å². The topological polar surface area (TPSA) is 12.0 Å². The third-order valence-electron chi connectivity index (χ3n) is 2.99. The summed E-state index contributed by atoms with van der Waals surface area (Å²) in [6.45, 7) is 1.21. The van der Waals surface area contributed by atoms with Crippen molar-refractivity contribution in [3.05, 3.63) is 35.9 Å². The largest absolute Gasteiger partial charge is 0.314 e. The van der Waals surface area contributed by atoms with E-state index in [1.165, 1.54) is 44.2 Å². The fraction of sp³-hybridized carbons (Fsp3) is 0.538. The van der Waals surface area contributed by atoms with Gasteiger partial charge in [-0.1, -0.05) is 43.2 Å². The first-order chi connectivity index (χ1) is 6.95. The van der Waals surface area contributed by atoms with Gasteiger partial charge in [0, 0.05) is 6.04 Å². The Balaban J connectivity index is 1.90. The summed E-state index contributed by atoms with van der Waals surface area (Å²) < 4.78 is 0. The highest BCUT2D eigenvalue weighted by Gasteiger charge is 2.11. The average Bonchev–Trinajstić information content (AvgIpc) is 2.48. The lowest BCUT2D eigenvalue weighted by atomic mass is 10.0. The Kier molecular flexibility index (Phi) is 3.58. The third-order valence-corrected chi connectivity index (χ3v) is 2.99. The van der Waals surface area contributed by atoms with Crippen molar-refractivity contribution in [2.45, 2.75) is 38.1 Å². The van der Waals surface area contributed by atoms with E-state index >= 15 is 0 Å². The van der Waals surface area contributed by atoms with E-state index in [1.54, 1.807) is 0 Å². The molecule has 0 unspecified atom stereocenters. The van der Waals surface area contributed by atoms with Crippen LogP contribution in [0.4, 0.5) is 0 Å². The molecule has 1 aromatic carbocycles. The molecule has 0 amide bonds. The molecule has 0 radical (unpaired) electrons. The molecule has 1 nitrogen and oxygen atoms in total. The summed E-state index contributed by atoms with van der Waals surface area (Å²) in [4.78, 5) is 0. The van der Waals surface area contributed by atoms with E-state index in [9.17, 15) is 0 Å². The van der Waals surface area contributed by atoms with E-state index in [0.29, 0.717) is 6.04 Å². The molecule has 1 atom stereocenters. The zero-order valence-corrected chi connectivity index (χ0v) is 8.71. The van der Waals surface area contributed by atoms with Crippen molar-refractivity contribution in [1.29, 1.82) is 0 Å². The Morgan fingerprint density at radius 2 is 1.93 bits per heavy atom. The molecule has 1 saturated heterocycles. The Morgan fingerprint density at radius 3 is 2.79 bits per heavy atom. The molecule has 1 fully saturated rings. The number of rotatable bonds is 2.